The normalized spacial score (nSPS) is 17.3. The van der Waals surface area contributed by atoms with Gasteiger partial charge < -0.3 is 15.5 Å². The minimum atomic E-state index is -0.444. The summed E-state index contributed by atoms with van der Waals surface area (Å²) in [7, 11) is 1.78. The molecule has 1 saturated heterocycles. The first-order valence-electron chi connectivity index (χ1n) is 9.22. The van der Waals surface area contributed by atoms with E-state index >= 15 is 0 Å². The lowest BCUT2D eigenvalue weighted by molar-refractivity contribution is -0.139. The summed E-state index contributed by atoms with van der Waals surface area (Å²) < 4.78 is 0. The van der Waals surface area contributed by atoms with Crippen LogP contribution in [0.15, 0.2) is 30.5 Å². The van der Waals surface area contributed by atoms with Gasteiger partial charge in [-0.15, -0.1) is 0 Å². The molecule has 2 aromatic rings. The maximum absolute atomic E-state index is 13.2. The monoisotopic (exact) mass is 401 g/mol. The van der Waals surface area contributed by atoms with Gasteiger partial charge in [-0.2, -0.15) is 0 Å². The van der Waals surface area contributed by atoms with Gasteiger partial charge in [0.2, 0.25) is 5.91 Å². The van der Waals surface area contributed by atoms with Gasteiger partial charge in [-0.1, -0.05) is 37.6 Å². The van der Waals surface area contributed by atoms with Crippen LogP contribution in [0.4, 0.5) is 5.82 Å². The van der Waals surface area contributed by atoms with Crippen molar-refractivity contribution >= 4 is 29.2 Å². The first kappa shape index (κ1) is 20.1. The summed E-state index contributed by atoms with van der Waals surface area (Å²) in [4.78, 5) is 37.5. The molecule has 0 saturated carbocycles. The minimum Gasteiger partial charge on any atom is -0.381 e. The number of carbonyl (C=O) groups is 2. The number of nitrogen functional groups attached to an aromatic ring is 1. The van der Waals surface area contributed by atoms with Crippen LogP contribution >= 0.6 is 11.6 Å². The summed E-state index contributed by atoms with van der Waals surface area (Å²) in [5.41, 5.74) is 7.36. The first-order chi connectivity index (χ1) is 13.3. The van der Waals surface area contributed by atoms with Gasteiger partial charge in [0, 0.05) is 31.3 Å². The quantitative estimate of drug-likeness (QED) is 0.850. The molecule has 1 aromatic carbocycles. The van der Waals surface area contributed by atoms with Crippen LogP contribution in [0.5, 0.6) is 0 Å². The third-order valence-electron chi connectivity index (χ3n) is 4.83. The Morgan fingerprint density at radius 1 is 1.36 bits per heavy atom. The molecule has 1 fully saturated rings. The molecule has 1 aliphatic heterocycles. The zero-order valence-corrected chi connectivity index (χ0v) is 17.0. The predicted molar refractivity (Wildman–Crippen MR) is 109 cm³/mol. The summed E-state index contributed by atoms with van der Waals surface area (Å²) in [5, 5.41) is 0.121. The maximum atomic E-state index is 13.2. The van der Waals surface area contributed by atoms with Gasteiger partial charge in [-0.05, 0) is 24.5 Å². The number of piperazine rings is 1. The van der Waals surface area contributed by atoms with Crippen molar-refractivity contribution in [1.82, 2.24) is 19.8 Å². The summed E-state index contributed by atoms with van der Waals surface area (Å²) in [6.45, 7) is 5.14. The van der Waals surface area contributed by atoms with Crippen LogP contribution in [0.1, 0.15) is 30.6 Å². The van der Waals surface area contributed by atoms with E-state index in [1.54, 1.807) is 35.0 Å². The smallest absolute Gasteiger partial charge is 0.254 e. The van der Waals surface area contributed by atoms with E-state index < -0.39 is 6.04 Å². The average Bonchev–Trinajstić information content (AvgIpc) is 2.67. The molecule has 1 aliphatic rings. The molecule has 1 unspecified atom stereocenters. The number of likely N-dealkylation sites (N-methyl/N-ethyl adjacent to an activating group) is 1. The second-order valence-electron chi connectivity index (χ2n) is 7.42. The lowest BCUT2D eigenvalue weighted by atomic mass is 9.98. The van der Waals surface area contributed by atoms with Crippen LogP contribution in [-0.2, 0) is 4.79 Å². The molecule has 7 nitrogen and oxygen atoms in total. The van der Waals surface area contributed by atoms with Crippen molar-refractivity contribution < 1.29 is 9.59 Å². The first-order valence-corrected chi connectivity index (χ1v) is 9.60. The fourth-order valence-corrected chi connectivity index (χ4v) is 3.46. The third-order valence-corrected chi connectivity index (χ3v) is 5.11. The summed E-state index contributed by atoms with van der Waals surface area (Å²) in [6.07, 6.45) is 2.15. The molecule has 28 heavy (non-hydrogen) atoms. The highest BCUT2D eigenvalue weighted by Crippen LogP contribution is 2.24. The molecule has 2 heterocycles. The number of rotatable bonds is 4. The third kappa shape index (κ3) is 4.09. The molecule has 2 N–H and O–H groups in total. The summed E-state index contributed by atoms with van der Waals surface area (Å²) in [6, 6.07) is 6.65. The largest absolute Gasteiger partial charge is 0.381 e. The summed E-state index contributed by atoms with van der Waals surface area (Å²) >= 11 is 5.97. The molecule has 3 rings (SSSR count). The minimum absolute atomic E-state index is 0.0133. The van der Waals surface area contributed by atoms with Crippen molar-refractivity contribution in [2.24, 2.45) is 5.92 Å². The van der Waals surface area contributed by atoms with E-state index in [2.05, 4.69) is 23.8 Å². The average molecular weight is 402 g/mol. The number of hydrogen-bond donors (Lipinski definition) is 1. The van der Waals surface area contributed by atoms with Gasteiger partial charge in [0.15, 0.2) is 11.0 Å². The van der Waals surface area contributed by atoms with Crippen molar-refractivity contribution in [2.45, 2.75) is 26.3 Å². The number of aromatic nitrogens is 2. The van der Waals surface area contributed by atoms with Gasteiger partial charge in [-0.3, -0.25) is 9.59 Å². The van der Waals surface area contributed by atoms with Crippen LogP contribution in [0, 0.1) is 5.92 Å². The molecule has 0 bridgehead atoms. The number of hydrogen-bond acceptors (Lipinski definition) is 5. The molecule has 8 heteroatoms. The van der Waals surface area contributed by atoms with E-state index in [1.807, 2.05) is 6.07 Å². The van der Waals surface area contributed by atoms with Gasteiger partial charge in [0.05, 0.1) is 11.9 Å². The Labute approximate surface area is 169 Å². The Bertz CT molecular complexity index is 902. The van der Waals surface area contributed by atoms with Gasteiger partial charge in [0.25, 0.3) is 5.91 Å². The van der Waals surface area contributed by atoms with Crippen molar-refractivity contribution in [3.63, 3.8) is 0 Å². The number of nitrogens with two attached hydrogens (primary N) is 1. The maximum Gasteiger partial charge on any atom is 0.254 e. The Balaban J connectivity index is 1.91. The topological polar surface area (TPSA) is 92.4 Å². The van der Waals surface area contributed by atoms with Crippen molar-refractivity contribution in [2.75, 3.05) is 25.9 Å². The van der Waals surface area contributed by atoms with Crippen molar-refractivity contribution in [1.29, 1.82) is 0 Å². The molecule has 0 spiro atoms. The molecule has 1 aromatic heterocycles. The van der Waals surface area contributed by atoms with E-state index in [9.17, 15) is 9.59 Å². The SMILES string of the molecule is CC(C)CC1C(=O)N(C)CCN1C(=O)c1cccc(-c2cnc(N)c(Cl)n2)c1. The number of carbonyl (C=O) groups excluding carboxylic acids is 2. The Kier molecular flexibility index (Phi) is 5.84. The Morgan fingerprint density at radius 2 is 2.11 bits per heavy atom. The second-order valence-corrected chi connectivity index (χ2v) is 7.77. The number of nitrogens with zero attached hydrogens (tertiary/aromatic N) is 4. The van der Waals surface area contributed by atoms with E-state index in [4.69, 9.17) is 17.3 Å². The molecule has 0 aliphatic carbocycles. The standard InChI is InChI=1S/C20H24ClN5O2/c1-12(2)9-16-20(28)25(3)7-8-26(16)19(27)14-6-4-5-13(10-14)15-11-23-18(22)17(21)24-15/h4-6,10-12,16H,7-9H2,1-3H3,(H2,22,23). The van der Waals surface area contributed by atoms with Gasteiger partial charge >= 0.3 is 0 Å². The van der Waals surface area contributed by atoms with Crippen LogP contribution in [0.25, 0.3) is 11.3 Å². The number of anilines is 1. The van der Waals surface area contributed by atoms with Gasteiger partial charge in [-0.25, -0.2) is 9.97 Å². The summed E-state index contributed by atoms with van der Waals surface area (Å²) in [5.74, 6) is 0.281. The highest BCUT2D eigenvalue weighted by Gasteiger charge is 2.36. The lowest BCUT2D eigenvalue weighted by Gasteiger charge is -2.40. The number of halogens is 1. The molecule has 2 amide bonds. The highest BCUT2D eigenvalue weighted by molar-refractivity contribution is 6.31. The number of benzene rings is 1. The fourth-order valence-electron chi connectivity index (χ4n) is 3.32. The zero-order chi connectivity index (χ0) is 20.4. The van der Waals surface area contributed by atoms with Crippen molar-refractivity contribution in [3.05, 3.63) is 41.2 Å². The van der Waals surface area contributed by atoms with E-state index in [0.717, 1.165) is 0 Å². The fraction of sp³-hybridized carbons (Fsp3) is 0.400. The predicted octanol–water partition coefficient (Wildman–Crippen LogP) is 2.71. The second kappa shape index (κ2) is 8.14. The molecule has 1 atom stereocenters. The van der Waals surface area contributed by atoms with Crippen molar-refractivity contribution in [3.8, 4) is 11.3 Å². The van der Waals surface area contributed by atoms with E-state index in [1.165, 1.54) is 6.20 Å². The van der Waals surface area contributed by atoms with Gasteiger partial charge in [0.1, 0.15) is 6.04 Å². The lowest BCUT2D eigenvalue weighted by Crippen LogP contribution is -2.57. The molecular formula is C20H24ClN5O2. The van der Waals surface area contributed by atoms with Crippen LogP contribution in [-0.4, -0.2) is 57.8 Å². The van der Waals surface area contributed by atoms with E-state index in [0.29, 0.717) is 42.2 Å². The zero-order valence-electron chi connectivity index (χ0n) is 16.2. The van der Waals surface area contributed by atoms with Crippen LogP contribution in [0.3, 0.4) is 0 Å². The highest BCUT2D eigenvalue weighted by atomic mass is 35.5. The van der Waals surface area contributed by atoms with E-state index in [-0.39, 0.29) is 22.8 Å². The molecule has 148 valence electrons. The van der Waals surface area contributed by atoms with Crippen LogP contribution in [0.2, 0.25) is 5.15 Å². The Hall–Kier alpha value is -2.67. The molecular weight excluding hydrogens is 378 g/mol. The Morgan fingerprint density at radius 3 is 2.79 bits per heavy atom. The number of amides is 2. The molecule has 0 radical (unpaired) electrons. The van der Waals surface area contributed by atoms with Crippen LogP contribution < -0.4 is 5.73 Å².